The lowest BCUT2D eigenvalue weighted by atomic mass is 10.4. The van der Waals surface area contributed by atoms with Crippen molar-refractivity contribution < 1.29 is 19.5 Å². The summed E-state index contributed by atoms with van der Waals surface area (Å²) in [6, 6.07) is 0. The van der Waals surface area contributed by atoms with Crippen molar-refractivity contribution in [2.75, 3.05) is 0 Å². The van der Waals surface area contributed by atoms with Gasteiger partial charge in [0, 0.05) is 0 Å². The number of amidine groups is 1. The normalized spacial score (nSPS) is 12.9. The molecule has 0 amide bonds. The summed E-state index contributed by atoms with van der Waals surface area (Å²) in [4.78, 5) is 26.5. The third kappa shape index (κ3) is 1.95. The van der Waals surface area contributed by atoms with E-state index in [2.05, 4.69) is 0 Å². The van der Waals surface area contributed by atoms with Crippen molar-refractivity contribution in [3.63, 3.8) is 0 Å². The zero-order valence-electron chi connectivity index (χ0n) is 7.65. The number of hydrogen-bond acceptors (Lipinski definition) is 7. The first kappa shape index (κ1) is 12.7. The molecule has 11 nitrogen and oxygen atoms in total. The van der Waals surface area contributed by atoms with Gasteiger partial charge in [0.2, 0.25) is 0 Å². The van der Waals surface area contributed by atoms with E-state index in [-0.39, 0.29) is 0 Å². The molecule has 11 heteroatoms. The standard InChI is InChI=1S/C4H6N4O7/c1-3(6(10)11)5(9)4(2,7(12)13)8(14)15/h1-2H3/b5-3+. The summed E-state index contributed by atoms with van der Waals surface area (Å²) in [5, 5.41) is 41.8. The van der Waals surface area contributed by atoms with Crippen LogP contribution in [-0.2, 0) is 0 Å². The molecule has 0 bridgehead atoms. The van der Waals surface area contributed by atoms with E-state index in [0.29, 0.717) is 13.8 Å². The average molecular weight is 222 g/mol. The zero-order chi connectivity index (χ0) is 12.4. The SMILES string of the molecule is C/C([N+](=O)[O-])=[N+](\[O-])C(C)([N+](=O)[O-])[N+](=O)[O-]. The maximum absolute atomic E-state index is 11.0. The highest BCUT2D eigenvalue weighted by atomic mass is 16.7. The number of hydroxylamine groups is 1. The zero-order valence-corrected chi connectivity index (χ0v) is 7.65. The summed E-state index contributed by atoms with van der Waals surface area (Å²) in [6.45, 7) is 1.01. The van der Waals surface area contributed by atoms with Crippen molar-refractivity contribution in [2.45, 2.75) is 19.6 Å². The molecular weight excluding hydrogens is 216 g/mol. The molecule has 0 spiro atoms. The van der Waals surface area contributed by atoms with Crippen LogP contribution in [-0.4, -0.2) is 31.1 Å². The van der Waals surface area contributed by atoms with Crippen LogP contribution in [0.25, 0.3) is 0 Å². The van der Waals surface area contributed by atoms with Gasteiger partial charge in [-0.3, -0.25) is 30.3 Å². The van der Waals surface area contributed by atoms with E-state index >= 15 is 0 Å². The minimum Gasteiger partial charge on any atom is -0.609 e. The highest BCUT2D eigenvalue weighted by molar-refractivity contribution is 5.65. The highest BCUT2D eigenvalue weighted by Crippen LogP contribution is 2.11. The van der Waals surface area contributed by atoms with E-state index in [1.54, 1.807) is 0 Å². The summed E-state index contributed by atoms with van der Waals surface area (Å²) in [7, 11) is 0. The third-order valence-electron chi connectivity index (χ3n) is 1.63. The Morgan fingerprint density at radius 3 is 1.53 bits per heavy atom. The summed E-state index contributed by atoms with van der Waals surface area (Å²) in [6.07, 6.45) is 0. The summed E-state index contributed by atoms with van der Waals surface area (Å²) in [5.41, 5.74) is 0. The molecule has 0 fully saturated rings. The van der Waals surface area contributed by atoms with Gasteiger partial charge in [0.25, 0.3) is 0 Å². The first-order valence-electron chi connectivity index (χ1n) is 3.40. The van der Waals surface area contributed by atoms with Gasteiger partial charge >= 0.3 is 11.6 Å². The molecule has 0 aromatic carbocycles. The fourth-order valence-electron chi connectivity index (χ4n) is 0.596. The Morgan fingerprint density at radius 2 is 1.33 bits per heavy atom. The summed E-state index contributed by atoms with van der Waals surface area (Å²) < 4.78 is -0.854. The lowest BCUT2D eigenvalue weighted by molar-refractivity contribution is -0.963. The maximum atomic E-state index is 11.0. The summed E-state index contributed by atoms with van der Waals surface area (Å²) >= 11 is 0. The van der Waals surface area contributed by atoms with Gasteiger partial charge in [-0.05, 0) is 4.74 Å². The van der Waals surface area contributed by atoms with E-state index in [1.165, 1.54) is 0 Å². The van der Waals surface area contributed by atoms with Crippen LogP contribution in [0.15, 0.2) is 0 Å². The van der Waals surface area contributed by atoms with Gasteiger partial charge in [-0.1, -0.05) is 0 Å². The Labute approximate surface area is 81.6 Å². The minimum absolute atomic E-state index is 0.368. The van der Waals surface area contributed by atoms with E-state index in [0.717, 1.165) is 0 Å². The van der Waals surface area contributed by atoms with Crippen molar-refractivity contribution in [1.29, 1.82) is 0 Å². The molecule has 0 aromatic rings. The van der Waals surface area contributed by atoms with Gasteiger partial charge in [0.15, 0.2) is 16.8 Å². The number of rotatable bonds is 3. The second-order valence-electron chi connectivity index (χ2n) is 2.58. The molecule has 0 aliphatic rings. The van der Waals surface area contributed by atoms with Crippen molar-refractivity contribution in [3.05, 3.63) is 35.6 Å². The number of hydrogen-bond donors (Lipinski definition) is 0. The molecule has 0 aliphatic carbocycles. The van der Waals surface area contributed by atoms with Crippen LogP contribution >= 0.6 is 0 Å². The van der Waals surface area contributed by atoms with Crippen molar-refractivity contribution in [2.24, 2.45) is 0 Å². The second kappa shape index (κ2) is 3.81. The molecule has 0 atom stereocenters. The van der Waals surface area contributed by atoms with E-state index in [1.807, 2.05) is 0 Å². The smallest absolute Gasteiger partial charge is 0.609 e. The van der Waals surface area contributed by atoms with Crippen LogP contribution in [0.5, 0.6) is 0 Å². The maximum Gasteiger partial charge on any atom is 0.660 e. The lowest BCUT2D eigenvalue weighted by Gasteiger charge is -2.10. The molecule has 0 heterocycles. The Morgan fingerprint density at radius 1 is 1.00 bits per heavy atom. The Kier molecular flexibility index (Phi) is 3.22. The molecular formula is C4H6N4O7. The Hall–Kier alpha value is -2.33. The average Bonchev–Trinajstić information content (AvgIpc) is 2.13. The molecule has 0 unspecified atom stereocenters. The van der Waals surface area contributed by atoms with Crippen molar-refractivity contribution >= 4 is 5.84 Å². The predicted molar refractivity (Wildman–Crippen MR) is 43.7 cm³/mol. The van der Waals surface area contributed by atoms with Crippen LogP contribution in [0.1, 0.15) is 13.8 Å². The first-order chi connectivity index (χ1) is 6.65. The fourth-order valence-corrected chi connectivity index (χ4v) is 0.596. The molecule has 0 saturated heterocycles. The molecule has 0 radical (unpaired) electrons. The quantitative estimate of drug-likeness (QED) is 0.117. The molecule has 0 saturated carbocycles. The Balaban J connectivity index is 5.70. The van der Waals surface area contributed by atoms with Gasteiger partial charge < -0.3 is 5.21 Å². The topological polar surface area (TPSA) is 155 Å². The molecule has 15 heavy (non-hydrogen) atoms. The van der Waals surface area contributed by atoms with E-state index in [9.17, 15) is 35.6 Å². The second-order valence-corrected chi connectivity index (χ2v) is 2.58. The van der Waals surface area contributed by atoms with Crippen molar-refractivity contribution in [3.8, 4) is 0 Å². The van der Waals surface area contributed by atoms with Crippen LogP contribution in [0.2, 0.25) is 0 Å². The largest absolute Gasteiger partial charge is 0.660 e. The number of nitrogens with zero attached hydrogens (tertiary/aromatic N) is 4. The first-order valence-corrected chi connectivity index (χ1v) is 3.40. The van der Waals surface area contributed by atoms with Gasteiger partial charge in [-0.2, -0.15) is 0 Å². The van der Waals surface area contributed by atoms with Gasteiger partial charge in [-0.25, -0.2) is 0 Å². The van der Waals surface area contributed by atoms with E-state index < -0.39 is 31.1 Å². The van der Waals surface area contributed by atoms with Crippen LogP contribution in [0.3, 0.4) is 0 Å². The van der Waals surface area contributed by atoms with E-state index in [4.69, 9.17) is 0 Å². The molecule has 84 valence electrons. The molecule has 0 aromatic heterocycles. The molecule has 0 N–H and O–H groups in total. The predicted octanol–water partition coefficient (Wildman–Crippen LogP) is -0.581. The summed E-state index contributed by atoms with van der Waals surface area (Å²) in [5.74, 6) is -4.53. The van der Waals surface area contributed by atoms with Gasteiger partial charge in [0.1, 0.15) is 4.92 Å². The lowest BCUT2D eigenvalue weighted by Crippen LogP contribution is -2.53. The molecule has 0 rings (SSSR count). The number of nitro groups is 3. The fraction of sp³-hybridized carbons (Fsp3) is 0.750. The van der Waals surface area contributed by atoms with Crippen molar-refractivity contribution in [1.82, 2.24) is 0 Å². The van der Waals surface area contributed by atoms with Gasteiger partial charge in [0.05, 0.1) is 6.92 Å². The van der Waals surface area contributed by atoms with Crippen LogP contribution < -0.4 is 0 Å². The Bertz CT molecular complexity index is 346. The van der Waals surface area contributed by atoms with Gasteiger partial charge in [-0.15, -0.1) is 0 Å². The van der Waals surface area contributed by atoms with Crippen LogP contribution in [0, 0.1) is 35.6 Å². The molecule has 0 aliphatic heterocycles. The minimum atomic E-state index is -3.29. The monoisotopic (exact) mass is 222 g/mol. The highest BCUT2D eigenvalue weighted by Gasteiger charge is 2.63. The third-order valence-corrected chi connectivity index (χ3v) is 1.63. The van der Waals surface area contributed by atoms with Crippen LogP contribution in [0.4, 0.5) is 0 Å².